The summed E-state index contributed by atoms with van der Waals surface area (Å²) in [7, 11) is 1.88. The van der Waals surface area contributed by atoms with Crippen LogP contribution in [0.25, 0.3) is 5.65 Å². The van der Waals surface area contributed by atoms with Crippen LogP contribution < -0.4 is 0 Å². The molecular formula is C18H21N5O2. The summed E-state index contributed by atoms with van der Waals surface area (Å²) in [4.78, 5) is 19.1. The molecule has 0 aliphatic carbocycles. The molecule has 0 saturated carbocycles. The lowest BCUT2D eigenvalue weighted by molar-refractivity contribution is -0.149. The maximum Gasteiger partial charge on any atom is 0.228 e. The molecule has 130 valence electrons. The minimum atomic E-state index is -0.527. The highest BCUT2D eigenvalue weighted by molar-refractivity contribution is 5.78. The van der Waals surface area contributed by atoms with Gasteiger partial charge in [0.1, 0.15) is 11.2 Å². The van der Waals surface area contributed by atoms with Crippen LogP contribution in [0.3, 0.4) is 0 Å². The fourth-order valence-electron chi connectivity index (χ4n) is 3.29. The third-order valence-electron chi connectivity index (χ3n) is 4.69. The molecule has 0 aromatic carbocycles. The van der Waals surface area contributed by atoms with E-state index >= 15 is 0 Å². The molecule has 3 aromatic rings. The normalized spacial score (nSPS) is 21.0. The molecule has 1 atom stereocenters. The molecule has 1 amide bonds. The lowest BCUT2D eigenvalue weighted by Crippen LogP contribution is -2.50. The summed E-state index contributed by atoms with van der Waals surface area (Å²) in [6.07, 6.45) is 7.88. The fraction of sp³-hybridized carbons (Fsp3) is 0.389. The molecule has 7 nitrogen and oxygen atoms in total. The number of imidazole rings is 1. The minimum Gasteiger partial charge on any atom is -0.367 e. The monoisotopic (exact) mass is 339 g/mol. The smallest absolute Gasteiger partial charge is 0.228 e. The molecule has 3 aromatic heterocycles. The van der Waals surface area contributed by atoms with E-state index in [0.717, 1.165) is 16.9 Å². The van der Waals surface area contributed by atoms with Crippen molar-refractivity contribution in [2.24, 2.45) is 7.05 Å². The zero-order valence-electron chi connectivity index (χ0n) is 14.4. The highest BCUT2D eigenvalue weighted by atomic mass is 16.5. The van der Waals surface area contributed by atoms with Crippen LogP contribution in [-0.2, 0) is 28.6 Å². The molecule has 4 rings (SSSR count). The molecule has 1 aliphatic heterocycles. The standard InChI is InChI=1S/C18H21N5O2/c1-18(14-10-19-21(2)11-14)13-23(7-8-25-18)17(24)9-15-12-22-6-4-3-5-16(22)20-15/h3-6,10-12H,7-9,13H2,1-2H3. The van der Waals surface area contributed by atoms with Gasteiger partial charge in [0.05, 0.1) is 31.5 Å². The number of morpholine rings is 1. The Kier molecular flexibility index (Phi) is 3.80. The van der Waals surface area contributed by atoms with Crippen LogP contribution in [-0.4, -0.2) is 49.7 Å². The van der Waals surface area contributed by atoms with Crippen molar-refractivity contribution in [2.45, 2.75) is 18.9 Å². The van der Waals surface area contributed by atoms with Gasteiger partial charge in [0, 0.05) is 37.7 Å². The van der Waals surface area contributed by atoms with E-state index in [-0.39, 0.29) is 5.91 Å². The van der Waals surface area contributed by atoms with Crippen molar-refractivity contribution >= 4 is 11.6 Å². The summed E-state index contributed by atoms with van der Waals surface area (Å²) >= 11 is 0. The van der Waals surface area contributed by atoms with Crippen LogP contribution in [0.4, 0.5) is 0 Å². The maximum absolute atomic E-state index is 12.8. The molecule has 0 bridgehead atoms. The Labute approximate surface area is 145 Å². The summed E-state index contributed by atoms with van der Waals surface area (Å²) in [6.45, 7) is 3.64. The number of carbonyl (C=O) groups is 1. The van der Waals surface area contributed by atoms with Gasteiger partial charge >= 0.3 is 0 Å². The molecule has 1 unspecified atom stereocenters. The number of rotatable bonds is 3. The SMILES string of the molecule is Cn1cc(C2(C)CN(C(=O)Cc3cn4ccccc4n3)CCO2)cn1. The van der Waals surface area contributed by atoms with Gasteiger partial charge in [0.15, 0.2) is 0 Å². The van der Waals surface area contributed by atoms with Crippen LogP contribution in [0.1, 0.15) is 18.2 Å². The Morgan fingerprint density at radius 2 is 2.24 bits per heavy atom. The summed E-state index contributed by atoms with van der Waals surface area (Å²) in [5.41, 5.74) is 2.10. The van der Waals surface area contributed by atoms with Gasteiger partial charge in [-0.2, -0.15) is 5.10 Å². The molecule has 4 heterocycles. The number of amides is 1. The van der Waals surface area contributed by atoms with Gasteiger partial charge in [-0.15, -0.1) is 0 Å². The molecule has 1 aliphatic rings. The van der Waals surface area contributed by atoms with Gasteiger partial charge in [-0.1, -0.05) is 6.07 Å². The summed E-state index contributed by atoms with van der Waals surface area (Å²) < 4.78 is 9.66. The molecular weight excluding hydrogens is 318 g/mol. The van der Waals surface area contributed by atoms with Gasteiger partial charge in [0.25, 0.3) is 0 Å². The second kappa shape index (κ2) is 6.00. The van der Waals surface area contributed by atoms with Crippen molar-refractivity contribution < 1.29 is 9.53 Å². The van der Waals surface area contributed by atoms with E-state index in [1.54, 1.807) is 10.9 Å². The average molecular weight is 339 g/mol. The number of carbonyl (C=O) groups excluding carboxylic acids is 1. The Bertz CT molecular complexity index is 882. The second-order valence-corrected chi connectivity index (χ2v) is 6.67. The molecule has 0 N–H and O–H groups in total. The molecule has 7 heteroatoms. The van der Waals surface area contributed by atoms with Crippen LogP contribution in [0.15, 0.2) is 43.0 Å². The second-order valence-electron chi connectivity index (χ2n) is 6.67. The van der Waals surface area contributed by atoms with Crippen LogP contribution in [0, 0.1) is 0 Å². The third-order valence-corrected chi connectivity index (χ3v) is 4.69. The van der Waals surface area contributed by atoms with Crippen molar-refractivity contribution in [1.82, 2.24) is 24.1 Å². The van der Waals surface area contributed by atoms with E-state index in [0.29, 0.717) is 26.1 Å². The maximum atomic E-state index is 12.8. The predicted octanol–water partition coefficient (Wildman–Crippen LogP) is 1.38. The first-order chi connectivity index (χ1) is 12.0. The van der Waals surface area contributed by atoms with E-state index in [1.807, 2.05) is 60.1 Å². The van der Waals surface area contributed by atoms with Gasteiger partial charge in [-0.25, -0.2) is 4.98 Å². The highest BCUT2D eigenvalue weighted by Gasteiger charge is 2.36. The van der Waals surface area contributed by atoms with Crippen molar-refractivity contribution in [1.29, 1.82) is 0 Å². The Morgan fingerprint density at radius 1 is 1.36 bits per heavy atom. The molecule has 0 radical (unpaired) electrons. The van der Waals surface area contributed by atoms with Crippen molar-refractivity contribution in [3.05, 3.63) is 54.2 Å². The largest absolute Gasteiger partial charge is 0.367 e. The highest BCUT2D eigenvalue weighted by Crippen LogP contribution is 2.29. The van der Waals surface area contributed by atoms with Crippen LogP contribution >= 0.6 is 0 Å². The van der Waals surface area contributed by atoms with Gasteiger partial charge in [0.2, 0.25) is 5.91 Å². The average Bonchev–Trinajstić information content (AvgIpc) is 3.20. The Balaban J connectivity index is 1.49. The van der Waals surface area contributed by atoms with Crippen molar-refractivity contribution in [3.63, 3.8) is 0 Å². The zero-order chi connectivity index (χ0) is 17.4. The Morgan fingerprint density at radius 3 is 3.00 bits per heavy atom. The van der Waals surface area contributed by atoms with Crippen LogP contribution in [0.5, 0.6) is 0 Å². The van der Waals surface area contributed by atoms with E-state index < -0.39 is 5.60 Å². The number of fused-ring (bicyclic) bond motifs is 1. The number of hydrogen-bond acceptors (Lipinski definition) is 4. The van der Waals surface area contributed by atoms with Gasteiger partial charge < -0.3 is 14.0 Å². The minimum absolute atomic E-state index is 0.0711. The first-order valence-corrected chi connectivity index (χ1v) is 8.37. The lowest BCUT2D eigenvalue weighted by atomic mass is 9.96. The van der Waals surface area contributed by atoms with Crippen LogP contribution in [0.2, 0.25) is 0 Å². The lowest BCUT2D eigenvalue weighted by Gasteiger charge is -2.40. The number of hydrogen-bond donors (Lipinski definition) is 0. The third kappa shape index (κ3) is 3.02. The first kappa shape index (κ1) is 15.8. The molecule has 1 saturated heterocycles. The molecule has 1 fully saturated rings. The number of aryl methyl sites for hydroxylation is 1. The summed E-state index contributed by atoms with van der Waals surface area (Å²) in [5, 5.41) is 4.22. The Hall–Kier alpha value is -2.67. The first-order valence-electron chi connectivity index (χ1n) is 8.37. The van der Waals surface area contributed by atoms with E-state index in [9.17, 15) is 4.79 Å². The summed E-state index contributed by atoms with van der Waals surface area (Å²) in [5.74, 6) is 0.0711. The van der Waals surface area contributed by atoms with Gasteiger partial charge in [-0.05, 0) is 19.1 Å². The number of pyridine rings is 1. The predicted molar refractivity (Wildman–Crippen MR) is 92.0 cm³/mol. The zero-order valence-corrected chi connectivity index (χ0v) is 14.4. The molecule has 0 spiro atoms. The fourth-order valence-corrected chi connectivity index (χ4v) is 3.29. The summed E-state index contributed by atoms with van der Waals surface area (Å²) in [6, 6.07) is 5.82. The van der Waals surface area contributed by atoms with Crippen molar-refractivity contribution in [3.8, 4) is 0 Å². The number of ether oxygens (including phenoxy) is 1. The topological polar surface area (TPSA) is 64.7 Å². The molecule has 25 heavy (non-hydrogen) atoms. The number of nitrogens with zero attached hydrogens (tertiary/aromatic N) is 5. The van der Waals surface area contributed by atoms with Gasteiger partial charge in [-0.3, -0.25) is 9.48 Å². The van der Waals surface area contributed by atoms with Crippen molar-refractivity contribution in [2.75, 3.05) is 19.7 Å². The van der Waals surface area contributed by atoms with E-state index in [1.165, 1.54) is 0 Å². The number of aromatic nitrogens is 4. The quantitative estimate of drug-likeness (QED) is 0.723. The van der Waals surface area contributed by atoms with E-state index in [4.69, 9.17) is 4.74 Å². The van der Waals surface area contributed by atoms with E-state index in [2.05, 4.69) is 10.1 Å².